The Labute approximate surface area is 203 Å². The first-order valence-corrected chi connectivity index (χ1v) is 12.1. The zero-order valence-electron chi connectivity index (χ0n) is 19.4. The van der Waals surface area contributed by atoms with Gasteiger partial charge in [-0.15, -0.1) is 0 Å². The van der Waals surface area contributed by atoms with Crippen LogP contribution in [-0.4, -0.2) is 59.0 Å². The van der Waals surface area contributed by atoms with Crippen molar-refractivity contribution in [1.29, 1.82) is 0 Å². The monoisotopic (exact) mass is 477 g/mol. The highest BCUT2D eigenvalue weighted by atomic mass is 19.1. The lowest BCUT2D eigenvalue weighted by atomic mass is 9.74. The van der Waals surface area contributed by atoms with Crippen molar-refractivity contribution in [2.45, 2.75) is 31.8 Å². The number of nitrogens with zero attached hydrogens (tertiary/aromatic N) is 3. The van der Waals surface area contributed by atoms with Crippen LogP contribution >= 0.6 is 0 Å². The molecular formula is C27H28FN3O4. The number of ether oxygens (including phenoxy) is 2. The van der Waals surface area contributed by atoms with Crippen LogP contribution in [0, 0.1) is 17.7 Å². The standard InChI is InChI=1S/C27H28FN3O4/c28-19-11-9-18(10-12-19)25(32)21-5-1-2-6-22(21)27(33)31-13-14-34-20(15-31)16-35-26-23-7-3-4-8-24(23)29-17-30-26/h3-4,7-12,17,20-22H,1-2,5-6,13-16H2/t20?,21-,22-/m0/s1. The van der Waals surface area contributed by atoms with Crippen LogP contribution in [-0.2, 0) is 9.53 Å². The summed E-state index contributed by atoms with van der Waals surface area (Å²) in [6.45, 7) is 1.55. The number of halogens is 1. The van der Waals surface area contributed by atoms with Gasteiger partial charge in [0, 0.05) is 23.9 Å². The van der Waals surface area contributed by atoms with Crippen LogP contribution in [0.2, 0.25) is 0 Å². The second kappa shape index (κ2) is 10.5. The summed E-state index contributed by atoms with van der Waals surface area (Å²) in [6.07, 6.45) is 4.36. The molecule has 7 nitrogen and oxygen atoms in total. The Bertz CT molecular complexity index is 1200. The molecule has 1 aromatic heterocycles. The third-order valence-electron chi connectivity index (χ3n) is 6.91. The topological polar surface area (TPSA) is 81.6 Å². The molecule has 2 aliphatic rings. The summed E-state index contributed by atoms with van der Waals surface area (Å²) in [6, 6.07) is 13.2. The zero-order chi connectivity index (χ0) is 24.2. The maximum absolute atomic E-state index is 13.5. The van der Waals surface area contributed by atoms with Crippen molar-refractivity contribution in [2.75, 3.05) is 26.3 Å². The molecule has 1 saturated heterocycles. The van der Waals surface area contributed by atoms with E-state index in [1.807, 2.05) is 24.3 Å². The third kappa shape index (κ3) is 5.17. The Morgan fingerprint density at radius 2 is 1.80 bits per heavy atom. The number of carbonyl (C=O) groups is 2. The Kier molecular flexibility index (Phi) is 6.99. The molecule has 2 heterocycles. The van der Waals surface area contributed by atoms with E-state index >= 15 is 0 Å². The fourth-order valence-electron chi connectivity index (χ4n) is 5.09. The van der Waals surface area contributed by atoms with E-state index in [4.69, 9.17) is 9.47 Å². The summed E-state index contributed by atoms with van der Waals surface area (Å²) in [5.74, 6) is -0.731. The molecule has 1 aliphatic heterocycles. The molecule has 3 atom stereocenters. The minimum Gasteiger partial charge on any atom is -0.474 e. The number of hydrogen-bond donors (Lipinski definition) is 0. The summed E-state index contributed by atoms with van der Waals surface area (Å²) in [7, 11) is 0. The number of rotatable bonds is 6. The van der Waals surface area contributed by atoms with E-state index in [2.05, 4.69) is 9.97 Å². The second-order valence-electron chi connectivity index (χ2n) is 9.15. The van der Waals surface area contributed by atoms with Gasteiger partial charge in [0.05, 0.1) is 24.1 Å². The van der Waals surface area contributed by atoms with Crippen molar-refractivity contribution >= 4 is 22.6 Å². The highest BCUT2D eigenvalue weighted by Crippen LogP contribution is 2.34. The third-order valence-corrected chi connectivity index (χ3v) is 6.91. The smallest absolute Gasteiger partial charge is 0.226 e. The lowest BCUT2D eigenvalue weighted by Gasteiger charge is -2.38. The average Bonchev–Trinajstić information content (AvgIpc) is 2.91. The number of ketones is 1. The van der Waals surface area contributed by atoms with Crippen molar-refractivity contribution in [3.8, 4) is 5.88 Å². The quantitative estimate of drug-likeness (QED) is 0.498. The van der Waals surface area contributed by atoms with Crippen molar-refractivity contribution in [3.05, 3.63) is 66.2 Å². The largest absolute Gasteiger partial charge is 0.474 e. The molecule has 5 rings (SSSR count). The molecule has 1 amide bonds. The molecule has 1 aliphatic carbocycles. The molecule has 1 unspecified atom stereocenters. The molecule has 0 spiro atoms. The van der Waals surface area contributed by atoms with E-state index in [9.17, 15) is 14.0 Å². The van der Waals surface area contributed by atoms with Crippen LogP contribution in [0.25, 0.3) is 10.9 Å². The number of amides is 1. The van der Waals surface area contributed by atoms with Gasteiger partial charge in [0.2, 0.25) is 11.8 Å². The van der Waals surface area contributed by atoms with Crippen LogP contribution in [0.4, 0.5) is 4.39 Å². The lowest BCUT2D eigenvalue weighted by Crippen LogP contribution is -2.51. The van der Waals surface area contributed by atoms with Crippen molar-refractivity contribution in [1.82, 2.24) is 14.9 Å². The Balaban J connectivity index is 1.24. The van der Waals surface area contributed by atoms with Crippen molar-refractivity contribution in [3.63, 3.8) is 0 Å². The molecule has 3 aromatic rings. The summed E-state index contributed by atoms with van der Waals surface area (Å²) < 4.78 is 25.2. The highest BCUT2D eigenvalue weighted by Gasteiger charge is 2.39. The zero-order valence-corrected chi connectivity index (χ0v) is 19.4. The van der Waals surface area contributed by atoms with Gasteiger partial charge in [-0.2, -0.15) is 0 Å². The first kappa shape index (κ1) is 23.4. The number of fused-ring (bicyclic) bond motifs is 1. The van der Waals surface area contributed by atoms with Gasteiger partial charge in [0.25, 0.3) is 0 Å². The Morgan fingerprint density at radius 1 is 1.03 bits per heavy atom. The number of morpholine rings is 1. The molecular weight excluding hydrogens is 449 g/mol. The van der Waals surface area contributed by atoms with Crippen molar-refractivity contribution in [2.24, 2.45) is 11.8 Å². The number of Topliss-reactive ketones (excluding diaryl/α,β-unsaturated/α-hetero) is 1. The maximum Gasteiger partial charge on any atom is 0.226 e. The van der Waals surface area contributed by atoms with Gasteiger partial charge in [-0.3, -0.25) is 9.59 Å². The summed E-state index contributed by atoms with van der Waals surface area (Å²) >= 11 is 0. The minimum absolute atomic E-state index is 0.00838. The van der Waals surface area contributed by atoms with E-state index in [0.29, 0.717) is 44.0 Å². The summed E-state index contributed by atoms with van der Waals surface area (Å²) in [4.78, 5) is 37.0. The van der Waals surface area contributed by atoms with Gasteiger partial charge >= 0.3 is 0 Å². The molecule has 0 N–H and O–H groups in total. The van der Waals surface area contributed by atoms with E-state index in [1.54, 1.807) is 4.90 Å². The molecule has 2 aromatic carbocycles. The van der Waals surface area contributed by atoms with Crippen LogP contribution in [0.15, 0.2) is 54.9 Å². The minimum atomic E-state index is -0.383. The molecule has 0 bridgehead atoms. The molecule has 2 fully saturated rings. The Hall–Kier alpha value is -3.39. The van der Waals surface area contributed by atoms with Crippen LogP contribution < -0.4 is 4.74 Å². The van der Waals surface area contributed by atoms with Crippen LogP contribution in [0.5, 0.6) is 5.88 Å². The maximum atomic E-state index is 13.5. The number of aromatic nitrogens is 2. The predicted octanol–water partition coefficient (Wildman–Crippen LogP) is 4.06. The van der Waals surface area contributed by atoms with Gasteiger partial charge in [0.15, 0.2) is 5.78 Å². The number of para-hydroxylation sites is 1. The summed E-state index contributed by atoms with van der Waals surface area (Å²) in [5.41, 5.74) is 1.26. The normalized spacial score (nSPS) is 22.7. The number of hydrogen-bond acceptors (Lipinski definition) is 6. The number of benzene rings is 2. The fraction of sp³-hybridized carbons (Fsp3) is 0.407. The van der Waals surface area contributed by atoms with E-state index < -0.39 is 0 Å². The van der Waals surface area contributed by atoms with Crippen molar-refractivity contribution < 1.29 is 23.5 Å². The molecule has 1 saturated carbocycles. The van der Waals surface area contributed by atoms with Gasteiger partial charge in [-0.05, 0) is 49.2 Å². The van der Waals surface area contributed by atoms with E-state index in [-0.39, 0.29) is 42.1 Å². The van der Waals surface area contributed by atoms with Gasteiger partial charge in [-0.25, -0.2) is 14.4 Å². The van der Waals surface area contributed by atoms with E-state index in [0.717, 1.165) is 23.7 Å². The van der Waals surface area contributed by atoms with Gasteiger partial charge in [0.1, 0.15) is 24.9 Å². The van der Waals surface area contributed by atoms with Gasteiger partial charge < -0.3 is 14.4 Å². The Morgan fingerprint density at radius 3 is 2.63 bits per heavy atom. The highest BCUT2D eigenvalue weighted by molar-refractivity contribution is 6.00. The average molecular weight is 478 g/mol. The van der Waals surface area contributed by atoms with E-state index in [1.165, 1.54) is 30.6 Å². The molecule has 35 heavy (non-hydrogen) atoms. The molecule has 0 radical (unpaired) electrons. The second-order valence-corrected chi connectivity index (χ2v) is 9.15. The molecule has 8 heteroatoms. The van der Waals surface area contributed by atoms with Crippen LogP contribution in [0.1, 0.15) is 36.0 Å². The molecule has 182 valence electrons. The predicted molar refractivity (Wildman–Crippen MR) is 128 cm³/mol. The lowest BCUT2D eigenvalue weighted by molar-refractivity contribution is -0.146. The summed E-state index contributed by atoms with van der Waals surface area (Å²) in [5, 5.41) is 0.822. The fourth-order valence-corrected chi connectivity index (χ4v) is 5.09. The van der Waals surface area contributed by atoms with Crippen LogP contribution in [0.3, 0.4) is 0 Å². The first-order valence-electron chi connectivity index (χ1n) is 12.1. The SMILES string of the molecule is O=C(c1ccc(F)cc1)[C@H]1CCCC[C@@H]1C(=O)N1CCOC(COc2ncnc3ccccc23)C1. The first-order chi connectivity index (χ1) is 17.1. The van der Waals surface area contributed by atoms with Gasteiger partial charge in [-0.1, -0.05) is 25.0 Å². The number of carbonyl (C=O) groups excluding carboxylic acids is 2.